The minimum atomic E-state index is -0.814. The molecule has 196 valence electrons. The summed E-state index contributed by atoms with van der Waals surface area (Å²) in [6.07, 6.45) is 2.37. The molecule has 0 spiro atoms. The average molecular weight is 559 g/mol. The van der Waals surface area contributed by atoms with Crippen LogP contribution >= 0.6 is 23.4 Å². The van der Waals surface area contributed by atoms with Crippen LogP contribution in [0.25, 0.3) is 6.08 Å². The molecule has 4 rings (SSSR count). The zero-order chi connectivity index (χ0) is 27.2. The Bertz CT molecular complexity index is 1420. The van der Waals surface area contributed by atoms with E-state index in [1.807, 2.05) is 0 Å². The van der Waals surface area contributed by atoms with Crippen LogP contribution in [0.4, 0.5) is 14.9 Å². The second kappa shape index (κ2) is 11.9. The number of ether oxygens (including phenoxy) is 3. The number of anilines is 1. The number of benzene rings is 2. The first-order chi connectivity index (χ1) is 18.3. The van der Waals surface area contributed by atoms with E-state index < -0.39 is 29.4 Å². The normalized spacial score (nSPS) is 14.1. The van der Waals surface area contributed by atoms with Crippen molar-refractivity contribution in [2.75, 3.05) is 25.6 Å². The maximum Gasteiger partial charge on any atom is 0.294 e. The number of nitrogens with zero attached hydrogens (tertiary/aromatic N) is 3. The van der Waals surface area contributed by atoms with Gasteiger partial charge in [-0.1, -0.05) is 6.07 Å². The second-order valence-corrected chi connectivity index (χ2v) is 8.91. The maximum absolute atomic E-state index is 14.0. The number of methoxy groups -OCH3 is 1. The molecule has 0 saturated carbocycles. The van der Waals surface area contributed by atoms with E-state index in [0.717, 1.165) is 11.1 Å². The average Bonchev–Trinajstić information content (AvgIpc) is 3.15. The Morgan fingerprint density at radius 3 is 2.66 bits per heavy atom. The number of hydrogen-bond acceptors (Lipinski definition) is 9. The van der Waals surface area contributed by atoms with Crippen LogP contribution in [0.2, 0.25) is 5.28 Å². The number of carbonyl (C=O) groups excluding carboxylic acids is 3. The van der Waals surface area contributed by atoms with Crippen LogP contribution < -0.4 is 19.5 Å². The van der Waals surface area contributed by atoms with Crippen LogP contribution in [-0.4, -0.2) is 52.2 Å². The fourth-order valence-electron chi connectivity index (χ4n) is 3.28. The first-order valence-corrected chi connectivity index (χ1v) is 12.3. The van der Waals surface area contributed by atoms with Crippen molar-refractivity contribution >= 4 is 52.2 Å². The van der Waals surface area contributed by atoms with E-state index in [1.165, 1.54) is 19.3 Å². The molecule has 1 N–H and O–H groups in total. The van der Waals surface area contributed by atoms with Crippen molar-refractivity contribution < 1.29 is 33.0 Å². The Morgan fingerprint density at radius 2 is 1.95 bits per heavy atom. The summed E-state index contributed by atoms with van der Waals surface area (Å²) >= 11 is 6.43. The fraction of sp³-hybridized carbons (Fsp3) is 0.160. The van der Waals surface area contributed by atoms with E-state index in [1.54, 1.807) is 43.3 Å². The number of amides is 3. The molecule has 0 atom stereocenters. The number of hydrogen-bond donors (Lipinski definition) is 1. The van der Waals surface area contributed by atoms with Gasteiger partial charge in [0.1, 0.15) is 12.3 Å². The summed E-state index contributed by atoms with van der Waals surface area (Å²) < 4.78 is 30.2. The molecule has 3 amide bonds. The summed E-state index contributed by atoms with van der Waals surface area (Å²) in [5.41, 5.74) is 1.00. The van der Waals surface area contributed by atoms with Crippen LogP contribution in [0.5, 0.6) is 23.1 Å². The van der Waals surface area contributed by atoms with Crippen molar-refractivity contribution in [2.45, 2.75) is 6.92 Å². The van der Waals surface area contributed by atoms with Gasteiger partial charge in [0.25, 0.3) is 17.0 Å². The van der Waals surface area contributed by atoms with E-state index in [9.17, 15) is 18.8 Å². The molecule has 38 heavy (non-hydrogen) atoms. The minimum absolute atomic E-state index is 0.122. The van der Waals surface area contributed by atoms with E-state index in [0.29, 0.717) is 28.8 Å². The lowest BCUT2D eigenvalue weighted by molar-refractivity contribution is -0.127. The number of imide groups is 1. The zero-order valence-corrected chi connectivity index (χ0v) is 21.6. The second-order valence-electron chi connectivity index (χ2n) is 7.58. The van der Waals surface area contributed by atoms with E-state index in [-0.39, 0.29) is 34.2 Å². The van der Waals surface area contributed by atoms with Gasteiger partial charge in [-0.2, -0.15) is 9.37 Å². The molecule has 0 unspecified atom stereocenters. The molecule has 0 radical (unpaired) electrons. The van der Waals surface area contributed by atoms with Gasteiger partial charge < -0.3 is 19.5 Å². The van der Waals surface area contributed by atoms with Crippen LogP contribution in [0.3, 0.4) is 0 Å². The van der Waals surface area contributed by atoms with Crippen molar-refractivity contribution in [3.8, 4) is 23.1 Å². The topological polar surface area (TPSA) is 120 Å². The van der Waals surface area contributed by atoms with Gasteiger partial charge in [0.15, 0.2) is 11.5 Å². The first-order valence-electron chi connectivity index (χ1n) is 11.1. The van der Waals surface area contributed by atoms with Crippen molar-refractivity contribution in [1.82, 2.24) is 14.9 Å². The van der Waals surface area contributed by atoms with Gasteiger partial charge in [-0.15, -0.1) is 0 Å². The number of thioether (sulfide) groups is 1. The molecule has 1 fully saturated rings. The Balaban J connectivity index is 1.48. The molecule has 10 nitrogen and oxygen atoms in total. The van der Waals surface area contributed by atoms with Gasteiger partial charge in [-0.3, -0.25) is 19.3 Å². The standard InChI is InChI=1S/C25H20ClFN4O6S/c1-3-36-19-10-14(4-9-18(19)37-22-17(27)12-28-24(26)30-22)11-20-23(33)31(25(34)38-20)13-21(32)29-15-5-7-16(35-2)8-6-15/h4-12H,3,13H2,1-2H3,(H,29,32)/b20-11+. The predicted molar refractivity (Wildman–Crippen MR) is 139 cm³/mol. The number of rotatable bonds is 9. The maximum atomic E-state index is 14.0. The van der Waals surface area contributed by atoms with Crippen LogP contribution in [-0.2, 0) is 9.59 Å². The highest BCUT2D eigenvalue weighted by atomic mass is 35.5. The van der Waals surface area contributed by atoms with Crippen LogP contribution in [0.1, 0.15) is 12.5 Å². The molecule has 1 saturated heterocycles. The van der Waals surface area contributed by atoms with Gasteiger partial charge in [-0.25, -0.2) is 4.98 Å². The molecule has 1 aromatic heterocycles. The van der Waals surface area contributed by atoms with Gasteiger partial charge in [0, 0.05) is 5.69 Å². The lowest BCUT2D eigenvalue weighted by Gasteiger charge is -2.13. The summed E-state index contributed by atoms with van der Waals surface area (Å²) in [4.78, 5) is 46.0. The van der Waals surface area contributed by atoms with Crippen LogP contribution in [0.15, 0.2) is 53.6 Å². The van der Waals surface area contributed by atoms with Crippen molar-refractivity contribution in [1.29, 1.82) is 0 Å². The quantitative estimate of drug-likeness (QED) is 0.281. The van der Waals surface area contributed by atoms with E-state index in [4.69, 9.17) is 25.8 Å². The number of aromatic nitrogens is 2. The number of halogens is 2. The SMILES string of the molecule is CCOc1cc(/C=C2/SC(=O)N(CC(=O)Nc3ccc(OC)cc3)C2=O)ccc1Oc1nc(Cl)ncc1F. The van der Waals surface area contributed by atoms with Crippen molar-refractivity contribution in [3.63, 3.8) is 0 Å². The molecule has 0 aliphatic carbocycles. The molecule has 0 bridgehead atoms. The van der Waals surface area contributed by atoms with Gasteiger partial charge >= 0.3 is 0 Å². The van der Waals surface area contributed by atoms with E-state index in [2.05, 4.69) is 15.3 Å². The van der Waals surface area contributed by atoms with Gasteiger partial charge in [0.05, 0.1) is 24.8 Å². The van der Waals surface area contributed by atoms with Crippen molar-refractivity contribution in [3.05, 3.63) is 70.2 Å². The molecule has 3 aromatic rings. The third-order valence-electron chi connectivity index (χ3n) is 5.00. The van der Waals surface area contributed by atoms with E-state index >= 15 is 0 Å². The molecule has 13 heteroatoms. The predicted octanol–water partition coefficient (Wildman–Crippen LogP) is 5.14. The zero-order valence-electron chi connectivity index (χ0n) is 20.1. The van der Waals surface area contributed by atoms with Gasteiger partial charge in [-0.05, 0) is 78.3 Å². The number of carbonyl (C=O) groups is 3. The highest BCUT2D eigenvalue weighted by Crippen LogP contribution is 2.36. The highest BCUT2D eigenvalue weighted by Gasteiger charge is 2.36. The van der Waals surface area contributed by atoms with Gasteiger partial charge in [0.2, 0.25) is 17.0 Å². The smallest absolute Gasteiger partial charge is 0.294 e. The molecular weight excluding hydrogens is 539 g/mol. The largest absolute Gasteiger partial charge is 0.497 e. The molecule has 1 aliphatic rings. The summed E-state index contributed by atoms with van der Waals surface area (Å²) in [7, 11) is 1.53. The lowest BCUT2D eigenvalue weighted by Crippen LogP contribution is -2.36. The Kier molecular flexibility index (Phi) is 8.44. The lowest BCUT2D eigenvalue weighted by atomic mass is 10.2. The number of nitrogens with one attached hydrogen (secondary N) is 1. The Labute approximate surface area is 225 Å². The third-order valence-corrected chi connectivity index (χ3v) is 6.09. The van der Waals surface area contributed by atoms with Crippen molar-refractivity contribution in [2.24, 2.45) is 0 Å². The summed E-state index contributed by atoms with van der Waals surface area (Å²) in [5.74, 6) is -1.32. The summed E-state index contributed by atoms with van der Waals surface area (Å²) in [6.45, 7) is 1.58. The third kappa shape index (κ3) is 6.39. The van der Waals surface area contributed by atoms with Crippen LogP contribution in [0, 0.1) is 5.82 Å². The summed E-state index contributed by atoms with van der Waals surface area (Å²) in [6, 6.07) is 11.3. The molecule has 2 heterocycles. The highest BCUT2D eigenvalue weighted by molar-refractivity contribution is 8.18. The summed E-state index contributed by atoms with van der Waals surface area (Å²) in [5, 5.41) is 1.87. The fourth-order valence-corrected chi connectivity index (χ4v) is 4.24. The molecular formula is C25H20ClFN4O6S. The first kappa shape index (κ1) is 26.9. The Morgan fingerprint density at radius 1 is 1.18 bits per heavy atom. The molecule has 2 aromatic carbocycles. The molecule has 1 aliphatic heterocycles. The monoisotopic (exact) mass is 558 g/mol. The Hall–Kier alpha value is -4.16. The minimum Gasteiger partial charge on any atom is -0.497 e.